The van der Waals surface area contributed by atoms with Gasteiger partial charge >= 0.3 is 0 Å². The highest BCUT2D eigenvalue weighted by molar-refractivity contribution is 6.04. The highest BCUT2D eigenvalue weighted by Gasteiger charge is 2.15. The summed E-state index contributed by atoms with van der Waals surface area (Å²) in [5, 5.41) is 3.27. The molecule has 0 saturated heterocycles. The maximum absolute atomic E-state index is 12.5. The lowest BCUT2D eigenvalue weighted by Gasteiger charge is -2.17. The molecule has 0 fully saturated rings. The van der Waals surface area contributed by atoms with Crippen molar-refractivity contribution in [3.05, 3.63) is 77.7 Å². The molecule has 0 radical (unpaired) electrons. The van der Waals surface area contributed by atoms with Crippen LogP contribution in [0.25, 0.3) is 0 Å². The van der Waals surface area contributed by atoms with E-state index in [1.807, 2.05) is 62.4 Å². The molecule has 1 N–H and O–H groups in total. The van der Waals surface area contributed by atoms with Crippen LogP contribution in [0.3, 0.4) is 0 Å². The van der Waals surface area contributed by atoms with Crippen LogP contribution in [-0.2, 0) is 0 Å². The number of hydrogen-bond acceptors (Lipinski definition) is 4. The fraction of sp³-hybridized carbons (Fsp3) is 0.150. The van der Waals surface area contributed by atoms with Crippen molar-refractivity contribution in [3.63, 3.8) is 0 Å². The van der Waals surface area contributed by atoms with Crippen LogP contribution in [-0.4, -0.2) is 22.9 Å². The minimum Gasteiger partial charge on any atom is -0.339 e. The van der Waals surface area contributed by atoms with E-state index in [0.717, 1.165) is 22.5 Å². The summed E-state index contributed by atoms with van der Waals surface area (Å²) in [6.45, 7) is 4.07. The average Bonchev–Trinajstić information content (AvgIpc) is 2.65. The Hall–Kier alpha value is -3.21. The van der Waals surface area contributed by atoms with Crippen LogP contribution in [0.1, 0.15) is 21.6 Å². The molecule has 1 heterocycles. The largest absolute Gasteiger partial charge is 0.339 e. The maximum Gasteiger partial charge on any atom is 0.278 e. The lowest BCUT2D eigenvalue weighted by atomic mass is 10.1. The molecular weight excluding hydrogens is 312 g/mol. The Kier molecular flexibility index (Phi) is 4.75. The molecule has 2 aromatic carbocycles. The third kappa shape index (κ3) is 3.66. The Morgan fingerprint density at radius 3 is 2.20 bits per heavy atom. The van der Waals surface area contributed by atoms with E-state index >= 15 is 0 Å². The minimum atomic E-state index is -0.197. The second kappa shape index (κ2) is 7.13. The number of aromatic nitrogens is 2. The van der Waals surface area contributed by atoms with Crippen molar-refractivity contribution >= 4 is 23.1 Å². The maximum atomic E-state index is 12.5. The molecule has 126 valence electrons. The fourth-order valence-electron chi connectivity index (χ4n) is 2.58. The molecule has 3 rings (SSSR count). The Bertz CT molecular complexity index is 856. The lowest BCUT2D eigenvalue weighted by Crippen LogP contribution is -2.27. The number of nitrogens with zero attached hydrogens (tertiary/aromatic N) is 3. The first kappa shape index (κ1) is 16.6. The smallest absolute Gasteiger partial charge is 0.278 e. The Labute approximate surface area is 147 Å². The molecule has 1 amide bonds. The zero-order valence-electron chi connectivity index (χ0n) is 14.5. The summed E-state index contributed by atoms with van der Waals surface area (Å²) < 4.78 is 0. The molecule has 5 heteroatoms. The van der Waals surface area contributed by atoms with Crippen molar-refractivity contribution < 1.29 is 4.79 Å². The number of aryl methyl sites for hydroxylation is 2. The van der Waals surface area contributed by atoms with E-state index in [4.69, 9.17) is 0 Å². The monoisotopic (exact) mass is 332 g/mol. The minimum absolute atomic E-state index is 0.197. The van der Waals surface area contributed by atoms with Crippen molar-refractivity contribution in [1.82, 2.24) is 9.97 Å². The van der Waals surface area contributed by atoms with Gasteiger partial charge in [-0.1, -0.05) is 36.4 Å². The summed E-state index contributed by atoms with van der Waals surface area (Å²) >= 11 is 0. The van der Waals surface area contributed by atoms with E-state index < -0.39 is 0 Å². The summed E-state index contributed by atoms with van der Waals surface area (Å²) in [5.41, 5.74) is 4.39. The zero-order chi connectivity index (χ0) is 17.8. The van der Waals surface area contributed by atoms with Gasteiger partial charge in [0.2, 0.25) is 0 Å². The van der Waals surface area contributed by atoms with E-state index in [0.29, 0.717) is 11.5 Å². The van der Waals surface area contributed by atoms with E-state index in [1.165, 1.54) is 6.20 Å². The van der Waals surface area contributed by atoms with Gasteiger partial charge in [0.15, 0.2) is 0 Å². The third-order valence-electron chi connectivity index (χ3n) is 4.05. The Morgan fingerprint density at radius 2 is 1.60 bits per heavy atom. The number of carbonyl (C=O) groups excluding carboxylic acids is 1. The summed E-state index contributed by atoms with van der Waals surface area (Å²) in [4.78, 5) is 22.7. The van der Waals surface area contributed by atoms with Gasteiger partial charge in [-0.15, -0.1) is 0 Å². The molecule has 5 nitrogen and oxygen atoms in total. The standard InChI is InChI=1S/C20H20N4O/c1-14-8-7-9-15(2)19(14)23-18-13-21-17(12-22-18)20(25)24(3)16-10-5-4-6-11-16/h4-13H,1-3H3,(H,22,23). The van der Waals surface area contributed by atoms with Gasteiger partial charge in [0, 0.05) is 18.4 Å². The van der Waals surface area contributed by atoms with Crippen LogP contribution < -0.4 is 10.2 Å². The van der Waals surface area contributed by atoms with E-state index in [9.17, 15) is 4.79 Å². The van der Waals surface area contributed by atoms with Crippen molar-refractivity contribution in [2.45, 2.75) is 13.8 Å². The van der Waals surface area contributed by atoms with Crippen molar-refractivity contribution in [2.75, 3.05) is 17.3 Å². The normalized spacial score (nSPS) is 10.4. The summed E-state index contributed by atoms with van der Waals surface area (Å²) in [5.74, 6) is 0.411. The molecule has 1 aromatic heterocycles. The van der Waals surface area contributed by atoms with Gasteiger partial charge in [-0.05, 0) is 37.1 Å². The van der Waals surface area contributed by atoms with Crippen molar-refractivity contribution in [1.29, 1.82) is 0 Å². The first-order valence-corrected chi connectivity index (χ1v) is 8.04. The predicted octanol–water partition coefficient (Wildman–Crippen LogP) is 4.11. The van der Waals surface area contributed by atoms with Gasteiger partial charge in [-0.2, -0.15) is 0 Å². The van der Waals surface area contributed by atoms with E-state index in [2.05, 4.69) is 15.3 Å². The number of nitrogens with one attached hydrogen (secondary N) is 1. The molecular formula is C20H20N4O. The number of carbonyl (C=O) groups is 1. The number of amides is 1. The first-order valence-electron chi connectivity index (χ1n) is 8.04. The molecule has 0 spiro atoms. The van der Waals surface area contributed by atoms with Gasteiger partial charge in [0.05, 0.1) is 12.4 Å². The molecule has 25 heavy (non-hydrogen) atoms. The van der Waals surface area contributed by atoms with Crippen molar-refractivity contribution in [2.24, 2.45) is 0 Å². The molecule has 3 aromatic rings. The quantitative estimate of drug-likeness (QED) is 0.781. The fourth-order valence-corrected chi connectivity index (χ4v) is 2.58. The lowest BCUT2D eigenvalue weighted by molar-refractivity contribution is 0.0988. The number of rotatable bonds is 4. The number of para-hydroxylation sites is 2. The Morgan fingerprint density at radius 1 is 0.920 bits per heavy atom. The molecule has 0 aliphatic heterocycles. The number of hydrogen-bond donors (Lipinski definition) is 1. The molecule has 0 bridgehead atoms. The van der Waals surface area contributed by atoms with Gasteiger partial charge in [0.1, 0.15) is 11.5 Å². The molecule has 0 unspecified atom stereocenters. The molecule has 0 aliphatic rings. The predicted molar refractivity (Wildman–Crippen MR) is 100 cm³/mol. The van der Waals surface area contributed by atoms with Gasteiger partial charge in [0.25, 0.3) is 5.91 Å². The number of anilines is 3. The number of benzene rings is 2. The molecule has 0 aliphatic carbocycles. The van der Waals surface area contributed by atoms with Crippen LogP contribution in [0, 0.1) is 13.8 Å². The summed E-state index contributed by atoms with van der Waals surface area (Å²) in [6.07, 6.45) is 3.08. The molecule has 0 atom stereocenters. The first-order chi connectivity index (χ1) is 12.1. The highest BCUT2D eigenvalue weighted by atomic mass is 16.2. The van der Waals surface area contributed by atoms with Gasteiger partial charge in [-0.25, -0.2) is 9.97 Å². The van der Waals surface area contributed by atoms with Crippen LogP contribution in [0.5, 0.6) is 0 Å². The van der Waals surface area contributed by atoms with Crippen LogP contribution in [0.2, 0.25) is 0 Å². The SMILES string of the molecule is Cc1cccc(C)c1Nc1cnc(C(=O)N(C)c2ccccc2)cn1. The third-order valence-corrected chi connectivity index (χ3v) is 4.05. The van der Waals surface area contributed by atoms with Crippen molar-refractivity contribution in [3.8, 4) is 0 Å². The topological polar surface area (TPSA) is 58.1 Å². The summed E-state index contributed by atoms with van der Waals surface area (Å²) in [6, 6.07) is 15.5. The average molecular weight is 332 g/mol. The summed E-state index contributed by atoms with van der Waals surface area (Å²) in [7, 11) is 1.72. The molecule has 0 saturated carbocycles. The Balaban J connectivity index is 1.77. The van der Waals surface area contributed by atoms with E-state index in [-0.39, 0.29) is 5.91 Å². The van der Waals surface area contributed by atoms with E-state index in [1.54, 1.807) is 18.1 Å². The zero-order valence-corrected chi connectivity index (χ0v) is 14.5. The second-order valence-electron chi connectivity index (χ2n) is 5.88. The van der Waals surface area contributed by atoms with Crippen LogP contribution in [0.4, 0.5) is 17.2 Å². The second-order valence-corrected chi connectivity index (χ2v) is 5.88. The highest BCUT2D eigenvalue weighted by Crippen LogP contribution is 2.23. The van der Waals surface area contributed by atoms with Gasteiger partial charge in [-0.3, -0.25) is 4.79 Å². The van der Waals surface area contributed by atoms with Gasteiger partial charge < -0.3 is 10.2 Å². The van der Waals surface area contributed by atoms with Crippen LogP contribution in [0.15, 0.2) is 60.9 Å². The van der Waals surface area contributed by atoms with Crippen LogP contribution >= 0.6 is 0 Å².